The van der Waals surface area contributed by atoms with Gasteiger partial charge in [0, 0.05) is 74.3 Å². The summed E-state index contributed by atoms with van der Waals surface area (Å²) in [5, 5.41) is 12.6. The molecule has 2 N–H and O–H groups in total. The summed E-state index contributed by atoms with van der Waals surface area (Å²) in [4.78, 5) is 19.2. The molecule has 2 aromatic carbocycles. The first-order valence-corrected chi connectivity index (χ1v) is 14.3. The fourth-order valence-electron chi connectivity index (χ4n) is 5.01. The van der Waals surface area contributed by atoms with E-state index in [0.29, 0.717) is 35.1 Å². The van der Waals surface area contributed by atoms with E-state index in [-0.39, 0.29) is 11.4 Å². The molecule has 0 saturated carbocycles. The Kier molecular flexibility index (Phi) is 8.61. The highest BCUT2D eigenvalue weighted by atomic mass is 32.2. The molecule has 2 aliphatic heterocycles. The Hall–Kier alpha value is -2.86. The number of thioether (sulfide) groups is 1. The Labute approximate surface area is 230 Å². The minimum atomic E-state index is -4.42. The van der Waals surface area contributed by atoms with Crippen molar-refractivity contribution in [3.63, 3.8) is 0 Å². The van der Waals surface area contributed by atoms with Crippen LogP contribution in [0.15, 0.2) is 54.7 Å². The Balaban J connectivity index is 1.20. The molecule has 3 heterocycles. The van der Waals surface area contributed by atoms with Crippen LogP contribution < -0.4 is 10.6 Å². The lowest BCUT2D eigenvalue weighted by atomic mass is 10.1. The zero-order valence-corrected chi connectivity index (χ0v) is 22.7. The molecule has 1 amide bonds. The second kappa shape index (κ2) is 12.1. The number of hydrogen-bond donors (Lipinski definition) is 2. The van der Waals surface area contributed by atoms with Crippen LogP contribution in [0.2, 0.25) is 0 Å². The molecule has 208 valence electrons. The number of carbonyl (C=O) groups excluding carboxylic acids is 1. The zero-order chi connectivity index (χ0) is 27.4. The van der Waals surface area contributed by atoms with Gasteiger partial charge in [0.2, 0.25) is 0 Å². The number of hydrogen-bond acceptors (Lipinski definition) is 7. The maximum atomic E-state index is 13.2. The summed E-state index contributed by atoms with van der Waals surface area (Å²) < 4.78 is 39.2. The zero-order valence-electron chi connectivity index (χ0n) is 21.9. The van der Waals surface area contributed by atoms with Crippen molar-refractivity contribution >= 4 is 39.9 Å². The van der Waals surface area contributed by atoms with Crippen LogP contribution in [0.5, 0.6) is 0 Å². The molecule has 11 heteroatoms. The van der Waals surface area contributed by atoms with Crippen LogP contribution in [-0.2, 0) is 6.18 Å². The quantitative estimate of drug-likeness (QED) is 0.421. The highest BCUT2D eigenvalue weighted by Crippen LogP contribution is 2.33. The number of rotatable bonds is 7. The van der Waals surface area contributed by atoms with E-state index in [1.807, 2.05) is 28.8 Å². The third-order valence-corrected chi connectivity index (χ3v) is 8.51. The van der Waals surface area contributed by atoms with Gasteiger partial charge in [-0.15, -0.1) is 11.8 Å². The van der Waals surface area contributed by atoms with Crippen LogP contribution in [0, 0.1) is 0 Å². The summed E-state index contributed by atoms with van der Waals surface area (Å²) in [7, 11) is 0. The molecule has 1 atom stereocenters. The number of aromatic nitrogens is 1. The third-order valence-electron chi connectivity index (χ3n) is 7.07. The average Bonchev–Trinajstić information content (AvgIpc) is 2.96. The molecular formula is C28H33F3N6OS. The van der Waals surface area contributed by atoms with E-state index in [9.17, 15) is 18.0 Å². The van der Waals surface area contributed by atoms with E-state index in [0.717, 1.165) is 62.7 Å². The minimum absolute atomic E-state index is 0.00691. The first-order chi connectivity index (χ1) is 18.8. The maximum Gasteiger partial charge on any atom is 0.416 e. The van der Waals surface area contributed by atoms with Gasteiger partial charge < -0.3 is 15.5 Å². The van der Waals surface area contributed by atoms with Gasteiger partial charge in [0.25, 0.3) is 5.91 Å². The van der Waals surface area contributed by atoms with Crippen molar-refractivity contribution in [2.75, 3.05) is 56.9 Å². The molecule has 1 aromatic heterocycles. The van der Waals surface area contributed by atoms with Crippen LogP contribution in [0.3, 0.4) is 0 Å². The van der Waals surface area contributed by atoms with Crippen molar-refractivity contribution in [3.05, 3.63) is 65.9 Å². The number of anilines is 2. The van der Waals surface area contributed by atoms with Crippen molar-refractivity contribution < 1.29 is 18.0 Å². The lowest BCUT2D eigenvalue weighted by molar-refractivity contribution is -0.137. The number of piperazine rings is 2. The van der Waals surface area contributed by atoms with E-state index in [4.69, 9.17) is 0 Å². The topological polar surface area (TPSA) is 63.7 Å². The monoisotopic (exact) mass is 558 g/mol. The number of benzene rings is 2. The largest absolute Gasteiger partial charge is 0.416 e. The molecule has 2 fully saturated rings. The van der Waals surface area contributed by atoms with E-state index in [1.54, 1.807) is 18.2 Å². The third kappa shape index (κ3) is 6.49. The predicted molar refractivity (Wildman–Crippen MR) is 150 cm³/mol. The molecule has 0 spiro atoms. The van der Waals surface area contributed by atoms with Gasteiger partial charge in [-0.1, -0.05) is 13.0 Å². The van der Waals surface area contributed by atoms with E-state index >= 15 is 0 Å². The smallest absolute Gasteiger partial charge is 0.355 e. The number of nitrogens with one attached hydrogen (secondary N) is 2. The fraction of sp³-hybridized carbons (Fsp3) is 0.429. The summed E-state index contributed by atoms with van der Waals surface area (Å²) in [6.07, 6.45) is -1.78. The number of halogens is 3. The average molecular weight is 559 g/mol. The molecule has 5 rings (SSSR count). The summed E-state index contributed by atoms with van der Waals surface area (Å²) in [5.41, 5.74) is 1.52. The van der Waals surface area contributed by atoms with Gasteiger partial charge in [0.05, 0.1) is 16.5 Å². The number of amides is 1. The number of fused-ring (bicyclic) bond motifs is 1. The number of alkyl halides is 3. The summed E-state index contributed by atoms with van der Waals surface area (Å²) in [6.45, 7) is 8.14. The molecule has 0 bridgehead atoms. The predicted octanol–water partition coefficient (Wildman–Crippen LogP) is 5.04. The van der Waals surface area contributed by atoms with Crippen LogP contribution in [0.4, 0.5) is 24.5 Å². The molecule has 2 aliphatic rings. The molecule has 3 aromatic rings. The molecule has 0 aliphatic carbocycles. The van der Waals surface area contributed by atoms with Crippen LogP contribution in [-0.4, -0.2) is 82.7 Å². The van der Waals surface area contributed by atoms with Crippen molar-refractivity contribution in [3.8, 4) is 0 Å². The van der Waals surface area contributed by atoms with Gasteiger partial charge in [0.15, 0.2) is 0 Å². The van der Waals surface area contributed by atoms with Crippen molar-refractivity contribution in [1.82, 2.24) is 25.2 Å². The Morgan fingerprint density at radius 1 is 1.08 bits per heavy atom. The summed E-state index contributed by atoms with van der Waals surface area (Å²) >= 11 is 1.99. The van der Waals surface area contributed by atoms with Crippen molar-refractivity contribution in [2.24, 2.45) is 0 Å². The van der Waals surface area contributed by atoms with E-state index < -0.39 is 11.7 Å². The lowest BCUT2D eigenvalue weighted by Crippen LogP contribution is -2.62. The molecular weight excluding hydrogens is 525 g/mol. The van der Waals surface area contributed by atoms with E-state index in [1.165, 1.54) is 12.3 Å². The summed E-state index contributed by atoms with van der Waals surface area (Å²) in [6, 6.07) is 12.5. The first kappa shape index (κ1) is 27.7. The minimum Gasteiger partial charge on any atom is -0.355 e. The molecule has 39 heavy (non-hydrogen) atoms. The second-order valence-electron chi connectivity index (χ2n) is 9.73. The summed E-state index contributed by atoms with van der Waals surface area (Å²) in [5.74, 6) is 1.15. The van der Waals surface area contributed by atoms with Crippen LogP contribution >= 0.6 is 11.8 Å². The maximum absolute atomic E-state index is 13.2. The van der Waals surface area contributed by atoms with Gasteiger partial charge in [-0.2, -0.15) is 13.2 Å². The molecule has 1 unspecified atom stereocenters. The molecule has 2 saturated heterocycles. The number of hydrazine groups is 1. The number of nitrogens with zero attached hydrogens (tertiary/aromatic N) is 4. The standard InChI is InChI=1S/C28H33F3N6OS/c1-2-17-39-26-19-32-11-12-37(26)36-15-13-35(14-16-36)27(38)20-3-6-22(7-4-20)34-24-9-10-33-25-18-21(28(29,30)31)5-8-23(24)25/h3-10,18,26,32H,2,11-17,19H2,1H3,(H,33,34). The van der Waals surface area contributed by atoms with E-state index in [2.05, 4.69) is 32.6 Å². The van der Waals surface area contributed by atoms with Gasteiger partial charge in [-0.25, -0.2) is 10.0 Å². The van der Waals surface area contributed by atoms with Gasteiger partial charge in [-0.05, 0) is 54.6 Å². The number of pyridine rings is 1. The SMILES string of the molecule is CCCSC1CNCCN1N1CCN(C(=O)c2ccc(Nc3ccnc4cc(C(F)(F)F)ccc34)cc2)CC1. The van der Waals surface area contributed by atoms with Crippen molar-refractivity contribution in [2.45, 2.75) is 24.9 Å². The second-order valence-corrected chi connectivity index (χ2v) is 11.0. The molecule has 7 nitrogen and oxygen atoms in total. The Morgan fingerprint density at radius 3 is 2.56 bits per heavy atom. The highest BCUT2D eigenvalue weighted by molar-refractivity contribution is 7.99. The van der Waals surface area contributed by atoms with Crippen LogP contribution in [0.1, 0.15) is 29.3 Å². The van der Waals surface area contributed by atoms with Crippen molar-refractivity contribution in [1.29, 1.82) is 0 Å². The highest BCUT2D eigenvalue weighted by Gasteiger charge is 2.32. The van der Waals surface area contributed by atoms with Gasteiger partial charge in [-0.3, -0.25) is 9.78 Å². The van der Waals surface area contributed by atoms with Gasteiger partial charge in [0.1, 0.15) is 0 Å². The normalized spacial score (nSPS) is 19.4. The Morgan fingerprint density at radius 2 is 1.85 bits per heavy atom. The fourth-order valence-corrected chi connectivity index (χ4v) is 6.17. The van der Waals surface area contributed by atoms with Gasteiger partial charge >= 0.3 is 6.18 Å². The Bertz CT molecular complexity index is 1280. The molecule has 0 radical (unpaired) electrons. The first-order valence-electron chi connectivity index (χ1n) is 13.3. The lowest BCUT2D eigenvalue weighted by Gasteiger charge is -2.46. The number of carbonyl (C=O) groups is 1. The van der Waals surface area contributed by atoms with Crippen LogP contribution in [0.25, 0.3) is 10.9 Å².